The first-order valence-electron chi connectivity index (χ1n) is 5.00. The lowest BCUT2D eigenvalue weighted by molar-refractivity contribution is -0.121. The van der Waals surface area contributed by atoms with Crippen LogP contribution in [-0.2, 0) is 16.1 Å². The molecule has 0 aliphatic rings. The maximum Gasteiger partial charge on any atom is 0.241 e. The zero-order chi connectivity index (χ0) is 11.8. The van der Waals surface area contributed by atoms with Gasteiger partial charge in [0.1, 0.15) is 6.04 Å². The van der Waals surface area contributed by atoms with Crippen molar-refractivity contribution in [1.82, 2.24) is 5.32 Å². The third-order valence-corrected chi connectivity index (χ3v) is 2.03. The highest BCUT2D eigenvalue weighted by molar-refractivity contribution is 5.83. The van der Waals surface area contributed by atoms with Crippen molar-refractivity contribution in [2.75, 3.05) is 7.11 Å². The van der Waals surface area contributed by atoms with E-state index in [0.29, 0.717) is 6.54 Å². The number of carbonyl (C=O) groups is 1. The standard InChI is InChI=1S/C12H16N2O2/c1-16-8-7-11(13)12(15)14-9-10-5-3-2-4-6-10/h2-8,11H,9,13H2,1H3,(H,14,15). The fourth-order valence-corrected chi connectivity index (χ4v) is 1.15. The Morgan fingerprint density at radius 3 is 2.81 bits per heavy atom. The highest BCUT2D eigenvalue weighted by Crippen LogP contribution is 1.97. The number of benzene rings is 1. The van der Waals surface area contributed by atoms with Gasteiger partial charge >= 0.3 is 0 Å². The van der Waals surface area contributed by atoms with E-state index in [9.17, 15) is 4.79 Å². The van der Waals surface area contributed by atoms with E-state index in [0.717, 1.165) is 5.56 Å². The Morgan fingerprint density at radius 1 is 1.50 bits per heavy atom. The lowest BCUT2D eigenvalue weighted by Crippen LogP contribution is -2.38. The molecule has 0 radical (unpaired) electrons. The first-order valence-corrected chi connectivity index (χ1v) is 5.00. The molecule has 0 fully saturated rings. The van der Waals surface area contributed by atoms with E-state index in [1.54, 1.807) is 0 Å². The molecule has 0 bridgehead atoms. The van der Waals surface area contributed by atoms with E-state index in [-0.39, 0.29) is 5.91 Å². The monoisotopic (exact) mass is 220 g/mol. The van der Waals surface area contributed by atoms with Gasteiger partial charge < -0.3 is 15.8 Å². The number of methoxy groups -OCH3 is 1. The van der Waals surface area contributed by atoms with E-state index in [4.69, 9.17) is 5.73 Å². The fourth-order valence-electron chi connectivity index (χ4n) is 1.15. The third-order valence-electron chi connectivity index (χ3n) is 2.03. The summed E-state index contributed by atoms with van der Waals surface area (Å²) in [5, 5.41) is 2.74. The minimum Gasteiger partial charge on any atom is -0.505 e. The Labute approximate surface area is 95.1 Å². The Kier molecular flexibility index (Phi) is 5.08. The largest absolute Gasteiger partial charge is 0.505 e. The van der Waals surface area contributed by atoms with Gasteiger partial charge in [0.05, 0.1) is 13.4 Å². The average Bonchev–Trinajstić information content (AvgIpc) is 2.34. The highest BCUT2D eigenvalue weighted by Gasteiger charge is 2.08. The number of hydrogen-bond donors (Lipinski definition) is 2. The van der Waals surface area contributed by atoms with Crippen LogP contribution in [0.1, 0.15) is 5.56 Å². The van der Waals surface area contributed by atoms with Crippen molar-refractivity contribution < 1.29 is 9.53 Å². The molecule has 86 valence electrons. The predicted octanol–water partition coefficient (Wildman–Crippen LogP) is 0.790. The number of carbonyl (C=O) groups excluding carboxylic acids is 1. The molecule has 1 rings (SSSR count). The lowest BCUT2D eigenvalue weighted by atomic mass is 10.2. The van der Waals surface area contributed by atoms with Crippen LogP contribution in [0.15, 0.2) is 42.7 Å². The molecule has 4 heteroatoms. The number of ether oxygens (including phenoxy) is 1. The van der Waals surface area contributed by atoms with E-state index in [2.05, 4.69) is 10.1 Å². The molecule has 0 spiro atoms. The molecule has 3 N–H and O–H groups in total. The van der Waals surface area contributed by atoms with Crippen molar-refractivity contribution in [3.05, 3.63) is 48.2 Å². The Bertz CT molecular complexity index is 349. The maximum absolute atomic E-state index is 11.5. The zero-order valence-electron chi connectivity index (χ0n) is 9.22. The van der Waals surface area contributed by atoms with Crippen LogP contribution in [0.3, 0.4) is 0 Å². The van der Waals surface area contributed by atoms with E-state index < -0.39 is 6.04 Å². The van der Waals surface area contributed by atoms with Crippen molar-refractivity contribution in [3.8, 4) is 0 Å². The quantitative estimate of drug-likeness (QED) is 0.721. The van der Waals surface area contributed by atoms with Gasteiger partial charge in [-0.3, -0.25) is 4.79 Å². The van der Waals surface area contributed by atoms with Gasteiger partial charge in [0.2, 0.25) is 5.91 Å². The van der Waals surface area contributed by atoms with Gasteiger partial charge in [0.25, 0.3) is 0 Å². The first-order chi connectivity index (χ1) is 7.74. The molecule has 0 saturated carbocycles. The van der Waals surface area contributed by atoms with Crippen molar-refractivity contribution in [2.45, 2.75) is 12.6 Å². The van der Waals surface area contributed by atoms with Crippen molar-refractivity contribution in [2.24, 2.45) is 5.73 Å². The van der Waals surface area contributed by atoms with Crippen LogP contribution >= 0.6 is 0 Å². The van der Waals surface area contributed by atoms with Crippen LogP contribution in [0.25, 0.3) is 0 Å². The number of nitrogens with one attached hydrogen (secondary N) is 1. The topological polar surface area (TPSA) is 64.3 Å². The minimum absolute atomic E-state index is 0.225. The molecular formula is C12H16N2O2. The number of nitrogens with two attached hydrogens (primary N) is 1. The summed E-state index contributed by atoms with van der Waals surface area (Å²) in [6, 6.07) is 8.98. The fraction of sp³-hybridized carbons (Fsp3) is 0.250. The molecule has 16 heavy (non-hydrogen) atoms. The van der Waals surface area contributed by atoms with Crippen LogP contribution in [0.2, 0.25) is 0 Å². The van der Waals surface area contributed by atoms with E-state index in [1.807, 2.05) is 30.3 Å². The minimum atomic E-state index is -0.677. The van der Waals surface area contributed by atoms with Crippen molar-refractivity contribution in [3.63, 3.8) is 0 Å². The van der Waals surface area contributed by atoms with Crippen LogP contribution in [0, 0.1) is 0 Å². The SMILES string of the molecule is COC=CC(N)C(=O)NCc1ccccc1. The molecular weight excluding hydrogens is 204 g/mol. The molecule has 1 amide bonds. The van der Waals surface area contributed by atoms with Gasteiger partial charge in [-0.2, -0.15) is 0 Å². The summed E-state index contributed by atoms with van der Waals surface area (Å²) in [5.41, 5.74) is 6.63. The zero-order valence-corrected chi connectivity index (χ0v) is 9.22. The van der Waals surface area contributed by atoms with Gasteiger partial charge in [-0.1, -0.05) is 30.3 Å². The van der Waals surface area contributed by atoms with E-state index >= 15 is 0 Å². The number of hydrogen-bond acceptors (Lipinski definition) is 3. The summed E-state index contributed by atoms with van der Waals surface area (Å²) >= 11 is 0. The van der Waals surface area contributed by atoms with Gasteiger partial charge in [0, 0.05) is 6.54 Å². The summed E-state index contributed by atoms with van der Waals surface area (Å²) in [6.45, 7) is 0.480. The van der Waals surface area contributed by atoms with Gasteiger partial charge in [-0.25, -0.2) is 0 Å². The van der Waals surface area contributed by atoms with Crippen molar-refractivity contribution >= 4 is 5.91 Å². The Morgan fingerprint density at radius 2 is 2.19 bits per heavy atom. The van der Waals surface area contributed by atoms with Crippen LogP contribution in [-0.4, -0.2) is 19.1 Å². The lowest BCUT2D eigenvalue weighted by Gasteiger charge is -2.08. The second-order valence-electron chi connectivity index (χ2n) is 3.29. The Balaban J connectivity index is 2.38. The summed E-state index contributed by atoms with van der Waals surface area (Å²) in [7, 11) is 1.51. The summed E-state index contributed by atoms with van der Waals surface area (Å²) < 4.78 is 4.68. The average molecular weight is 220 g/mol. The molecule has 0 aromatic heterocycles. The normalized spacial score (nSPS) is 12.4. The maximum atomic E-state index is 11.5. The second kappa shape index (κ2) is 6.63. The smallest absolute Gasteiger partial charge is 0.241 e. The molecule has 0 aliphatic carbocycles. The molecule has 1 aromatic rings. The Hall–Kier alpha value is -1.81. The summed E-state index contributed by atoms with van der Waals surface area (Å²) in [4.78, 5) is 11.5. The summed E-state index contributed by atoms with van der Waals surface area (Å²) in [5.74, 6) is -0.225. The number of rotatable bonds is 5. The second-order valence-corrected chi connectivity index (χ2v) is 3.29. The molecule has 4 nitrogen and oxygen atoms in total. The molecule has 1 aromatic carbocycles. The van der Waals surface area contributed by atoms with Crippen LogP contribution < -0.4 is 11.1 Å². The van der Waals surface area contributed by atoms with Crippen LogP contribution in [0.4, 0.5) is 0 Å². The van der Waals surface area contributed by atoms with Gasteiger partial charge in [-0.05, 0) is 11.6 Å². The third kappa shape index (κ3) is 4.14. The molecule has 0 heterocycles. The highest BCUT2D eigenvalue weighted by atomic mass is 16.5. The molecule has 1 atom stereocenters. The first kappa shape index (κ1) is 12.3. The molecule has 1 unspecified atom stereocenters. The van der Waals surface area contributed by atoms with Gasteiger partial charge in [-0.15, -0.1) is 0 Å². The predicted molar refractivity (Wildman–Crippen MR) is 62.4 cm³/mol. The van der Waals surface area contributed by atoms with Crippen LogP contribution in [0.5, 0.6) is 0 Å². The summed E-state index contributed by atoms with van der Waals surface area (Å²) in [6.07, 6.45) is 2.90. The number of amides is 1. The molecule has 0 aliphatic heterocycles. The van der Waals surface area contributed by atoms with E-state index in [1.165, 1.54) is 19.4 Å². The van der Waals surface area contributed by atoms with Gasteiger partial charge in [0.15, 0.2) is 0 Å². The molecule has 0 saturated heterocycles. The van der Waals surface area contributed by atoms with Crippen molar-refractivity contribution in [1.29, 1.82) is 0 Å².